The second-order valence-electron chi connectivity index (χ2n) is 1.29. The normalized spacial score (nSPS) is 21.1. The van der Waals surface area contributed by atoms with Crippen molar-refractivity contribution in [2.24, 2.45) is 10.2 Å². The molecule has 0 aromatic carbocycles. The van der Waals surface area contributed by atoms with Gasteiger partial charge in [-0.1, -0.05) is 22.6 Å². The third-order valence-corrected chi connectivity index (χ3v) is 1.82. The van der Waals surface area contributed by atoms with Crippen molar-refractivity contribution in [3.05, 3.63) is 0 Å². The number of hydrogen-bond donors (Lipinski definition) is 0. The highest BCUT2D eigenvalue weighted by atomic mass is 127. The van der Waals surface area contributed by atoms with E-state index in [1.54, 1.807) is 0 Å². The first-order valence-electron chi connectivity index (χ1n) is 1.81. The summed E-state index contributed by atoms with van der Waals surface area (Å²) in [6.45, 7) is 0. The van der Waals surface area contributed by atoms with Gasteiger partial charge in [-0.2, -0.15) is 0 Å². The minimum absolute atomic E-state index is 0.402. The van der Waals surface area contributed by atoms with E-state index in [1.807, 2.05) is 0 Å². The molecule has 1 heterocycles. The van der Waals surface area contributed by atoms with Crippen LogP contribution in [0.25, 0.3) is 0 Å². The van der Waals surface area contributed by atoms with Crippen LogP contribution in [-0.2, 0) is 0 Å². The number of hydrogen-bond acceptors (Lipinski definition) is 2. The standard InChI is InChI=1S/C4H3IN2/c1-2-4(3-5)6-7-4/h1H,3H2. The van der Waals surface area contributed by atoms with Gasteiger partial charge < -0.3 is 0 Å². The summed E-state index contributed by atoms with van der Waals surface area (Å²) in [5.41, 5.74) is -0.402. The Morgan fingerprint density at radius 3 is 2.29 bits per heavy atom. The highest BCUT2D eigenvalue weighted by Crippen LogP contribution is 2.28. The highest BCUT2D eigenvalue weighted by molar-refractivity contribution is 14.1. The van der Waals surface area contributed by atoms with Crippen LogP contribution in [0.15, 0.2) is 10.2 Å². The van der Waals surface area contributed by atoms with Gasteiger partial charge in [0.25, 0.3) is 5.66 Å². The van der Waals surface area contributed by atoms with E-state index in [-0.39, 0.29) is 0 Å². The fourth-order valence-electron chi connectivity index (χ4n) is 0.210. The molecule has 0 amide bonds. The van der Waals surface area contributed by atoms with Crippen molar-refractivity contribution in [2.45, 2.75) is 5.66 Å². The molecular weight excluding hydrogens is 203 g/mol. The lowest BCUT2D eigenvalue weighted by molar-refractivity contribution is 0.915. The van der Waals surface area contributed by atoms with Crippen molar-refractivity contribution >= 4 is 22.6 Å². The van der Waals surface area contributed by atoms with E-state index in [1.165, 1.54) is 0 Å². The molecule has 0 aromatic rings. The Labute approximate surface area is 55.5 Å². The van der Waals surface area contributed by atoms with Gasteiger partial charge in [-0.25, -0.2) is 0 Å². The van der Waals surface area contributed by atoms with Gasteiger partial charge in [0.05, 0.1) is 4.43 Å². The van der Waals surface area contributed by atoms with E-state index in [4.69, 9.17) is 6.42 Å². The third kappa shape index (κ3) is 0.752. The first-order valence-corrected chi connectivity index (χ1v) is 3.33. The van der Waals surface area contributed by atoms with Gasteiger partial charge in [0.2, 0.25) is 0 Å². The van der Waals surface area contributed by atoms with Crippen LogP contribution in [0.3, 0.4) is 0 Å². The maximum absolute atomic E-state index is 5.04. The number of terminal acetylenes is 1. The van der Waals surface area contributed by atoms with Crippen molar-refractivity contribution in [1.82, 2.24) is 0 Å². The SMILES string of the molecule is C#CC1(CI)N=N1. The summed E-state index contributed by atoms with van der Waals surface area (Å²) in [4.78, 5) is 0. The van der Waals surface area contributed by atoms with E-state index >= 15 is 0 Å². The van der Waals surface area contributed by atoms with Gasteiger partial charge in [0, 0.05) is 0 Å². The summed E-state index contributed by atoms with van der Waals surface area (Å²) in [5.74, 6) is 2.46. The number of alkyl halides is 1. The van der Waals surface area contributed by atoms with Gasteiger partial charge in [-0.15, -0.1) is 16.7 Å². The van der Waals surface area contributed by atoms with Crippen molar-refractivity contribution in [3.8, 4) is 12.3 Å². The fourth-order valence-corrected chi connectivity index (χ4v) is 0.735. The second kappa shape index (κ2) is 1.44. The molecule has 1 rings (SSSR count). The maximum atomic E-state index is 5.04. The summed E-state index contributed by atoms with van der Waals surface area (Å²) in [7, 11) is 0. The molecule has 0 saturated carbocycles. The zero-order chi connectivity index (χ0) is 5.33. The van der Waals surface area contributed by atoms with E-state index in [2.05, 4.69) is 38.7 Å². The van der Waals surface area contributed by atoms with Gasteiger partial charge in [-0.05, 0) is 5.92 Å². The van der Waals surface area contributed by atoms with Crippen LogP contribution in [-0.4, -0.2) is 10.1 Å². The monoisotopic (exact) mass is 206 g/mol. The number of nitrogens with zero attached hydrogens (tertiary/aromatic N) is 2. The molecule has 3 heteroatoms. The zero-order valence-corrected chi connectivity index (χ0v) is 5.71. The maximum Gasteiger partial charge on any atom is 0.259 e. The lowest BCUT2D eigenvalue weighted by atomic mass is 10.3. The van der Waals surface area contributed by atoms with E-state index < -0.39 is 5.66 Å². The van der Waals surface area contributed by atoms with Gasteiger partial charge >= 0.3 is 0 Å². The second-order valence-corrected chi connectivity index (χ2v) is 2.06. The summed E-state index contributed by atoms with van der Waals surface area (Å²) >= 11 is 2.16. The fraction of sp³-hybridized carbons (Fsp3) is 0.500. The van der Waals surface area contributed by atoms with Crippen LogP contribution in [0, 0.1) is 12.3 Å². The number of halogens is 1. The van der Waals surface area contributed by atoms with E-state index in [0.717, 1.165) is 4.43 Å². The van der Waals surface area contributed by atoms with Crippen molar-refractivity contribution < 1.29 is 0 Å². The van der Waals surface area contributed by atoms with Crippen LogP contribution >= 0.6 is 22.6 Å². The summed E-state index contributed by atoms with van der Waals surface area (Å²) in [6.07, 6.45) is 5.04. The Balaban J connectivity index is 2.50. The number of rotatable bonds is 1. The lowest BCUT2D eigenvalue weighted by Crippen LogP contribution is -2.06. The Morgan fingerprint density at radius 1 is 1.71 bits per heavy atom. The van der Waals surface area contributed by atoms with Crippen LogP contribution in [0.5, 0.6) is 0 Å². The van der Waals surface area contributed by atoms with Crippen LogP contribution in [0.1, 0.15) is 0 Å². The van der Waals surface area contributed by atoms with Crippen molar-refractivity contribution in [2.75, 3.05) is 4.43 Å². The lowest BCUT2D eigenvalue weighted by Gasteiger charge is -1.88. The average Bonchev–Trinajstić information content (AvgIpc) is 2.46. The van der Waals surface area contributed by atoms with E-state index in [0.29, 0.717) is 0 Å². The molecule has 36 valence electrons. The molecule has 0 N–H and O–H groups in total. The zero-order valence-electron chi connectivity index (χ0n) is 3.56. The third-order valence-electron chi connectivity index (χ3n) is 0.759. The average molecular weight is 206 g/mol. The predicted octanol–water partition coefficient (Wildman–Crippen LogP) is 1.22. The minimum atomic E-state index is -0.402. The Bertz CT molecular complexity index is 138. The molecule has 0 fully saturated rings. The molecule has 7 heavy (non-hydrogen) atoms. The molecule has 0 radical (unpaired) electrons. The summed E-state index contributed by atoms with van der Waals surface area (Å²) < 4.78 is 0.807. The van der Waals surface area contributed by atoms with Crippen molar-refractivity contribution in [1.29, 1.82) is 0 Å². The first-order chi connectivity index (χ1) is 3.33. The summed E-state index contributed by atoms with van der Waals surface area (Å²) in [6, 6.07) is 0. The minimum Gasteiger partial charge on any atom is -0.143 e. The van der Waals surface area contributed by atoms with Gasteiger partial charge in [0.1, 0.15) is 0 Å². The molecule has 0 saturated heterocycles. The molecule has 2 nitrogen and oxygen atoms in total. The highest BCUT2D eigenvalue weighted by Gasteiger charge is 2.35. The molecule has 0 atom stereocenters. The van der Waals surface area contributed by atoms with Crippen LogP contribution in [0.4, 0.5) is 0 Å². The molecule has 0 bridgehead atoms. The molecule has 0 unspecified atom stereocenters. The predicted molar refractivity (Wildman–Crippen MR) is 35.3 cm³/mol. The topological polar surface area (TPSA) is 24.7 Å². The Hall–Kier alpha value is -0.110. The molecule has 1 aliphatic rings. The van der Waals surface area contributed by atoms with Crippen molar-refractivity contribution in [3.63, 3.8) is 0 Å². The van der Waals surface area contributed by atoms with Gasteiger partial charge in [-0.3, -0.25) is 0 Å². The molecule has 0 spiro atoms. The first kappa shape index (κ1) is 5.04. The quantitative estimate of drug-likeness (QED) is 0.350. The Morgan fingerprint density at radius 2 is 2.29 bits per heavy atom. The molecule has 0 aromatic heterocycles. The largest absolute Gasteiger partial charge is 0.259 e. The van der Waals surface area contributed by atoms with E-state index in [9.17, 15) is 0 Å². The van der Waals surface area contributed by atoms with Crippen LogP contribution in [0.2, 0.25) is 0 Å². The molecule has 1 aliphatic heterocycles. The van der Waals surface area contributed by atoms with Gasteiger partial charge in [0.15, 0.2) is 0 Å². The Kier molecular flexibility index (Phi) is 1.04. The smallest absolute Gasteiger partial charge is 0.143 e. The molecule has 0 aliphatic carbocycles. The van der Waals surface area contributed by atoms with Crippen LogP contribution < -0.4 is 0 Å². The summed E-state index contributed by atoms with van der Waals surface area (Å²) in [5, 5.41) is 7.30. The molecular formula is C4H3IN2.